The molecule has 0 saturated carbocycles. The molecule has 1 heterocycles. The maximum absolute atomic E-state index is 13.5. The van der Waals surface area contributed by atoms with Crippen molar-refractivity contribution in [1.29, 1.82) is 0 Å². The van der Waals surface area contributed by atoms with Gasteiger partial charge in [-0.05, 0) is 11.6 Å². The van der Waals surface area contributed by atoms with Crippen LogP contribution >= 0.6 is 0 Å². The van der Waals surface area contributed by atoms with Crippen molar-refractivity contribution in [1.82, 2.24) is 0 Å². The molecule has 2 rings (SSSR count). The highest BCUT2D eigenvalue weighted by Gasteiger charge is 2.15. The topological polar surface area (TPSA) is 53.7 Å². The third-order valence-corrected chi connectivity index (χ3v) is 2.20. The van der Waals surface area contributed by atoms with Crippen molar-refractivity contribution in [3.05, 3.63) is 23.5 Å². The van der Waals surface area contributed by atoms with E-state index in [4.69, 9.17) is 15.4 Å². The summed E-state index contributed by atoms with van der Waals surface area (Å²) in [6, 6.07) is 2.96. The summed E-state index contributed by atoms with van der Waals surface area (Å²) >= 11 is 0. The average molecular weight is 213 g/mol. The Morgan fingerprint density at radius 3 is 2.60 bits per heavy atom. The van der Waals surface area contributed by atoms with Crippen molar-refractivity contribution in [3.8, 4) is 11.5 Å². The second kappa shape index (κ2) is 4.46. The van der Waals surface area contributed by atoms with E-state index in [1.54, 1.807) is 6.07 Å². The highest BCUT2D eigenvalue weighted by Crippen LogP contribution is 2.32. The van der Waals surface area contributed by atoms with Crippen LogP contribution in [0.25, 0.3) is 0 Å². The molecule has 0 unspecified atom stereocenters. The molecule has 0 bridgehead atoms. The molecule has 1 aliphatic heterocycles. The van der Waals surface area contributed by atoms with E-state index in [2.05, 4.69) is 4.84 Å². The SMILES string of the molecule is NOCCc1cc2c(cc1F)OCCO2. The Morgan fingerprint density at radius 2 is 1.93 bits per heavy atom. The minimum Gasteiger partial charge on any atom is -0.486 e. The largest absolute Gasteiger partial charge is 0.486 e. The van der Waals surface area contributed by atoms with Gasteiger partial charge in [-0.15, -0.1) is 0 Å². The fourth-order valence-corrected chi connectivity index (χ4v) is 1.47. The second-order valence-corrected chi connectivity index (χ2v) is 3.21. The van der Waals surface area contributed by atoms with Gasteiger partial charge >= 0.3 is 0 Å². The van der Waals surface area contributed by atoms with Crippen LogP contribution in [0, 0.1) is 5.82 Å². The van der Waals surface area contributed by atoms with Gasteiger partial charge in [0.15, 0.2) is 11.5 Å². The van der Waals surface area contributed by atoms with E-state index < -0.39 is 0 Å². The lowest BCUT2D eigenvalue weighted by Gasteiger charge is -2.19. The summed E-state index contributed by atoms with van der Waals surface area (Å²) in [5.74, 6) is 5.60. The van der Waals surface area contributed by atoms with Crippen LogP contribution in [0.4, 0.5) is 4.39 Å². The number of halogens is 1. The molecule has 0 radical (unpaired) electrons. The summed E-state index contributed by atoms with van der Waals surface area (Å²) < 4.78 is 24.0. The number of hydrogen-bond acceptors (Lipinski definition) is 4. The van der Waals surface area contributed by atoms with Crippen LogP contribution in [0.1, 0.15) is 5.56 Å². The first-order valence-corrected chi connectivity index (χ1v) is 4.71. The third kappa shape index (κ3) is 2.19. The first-order valence-electron chi connectivity index (χ1n) is 4.71. The van der Waals surface area contributed by atoms with Gasteiger partial charge in [0.25, 0.3) is 0 Å². The smallest absolute Gasteiger partial charge is 0.164 e. The molecule has 0 aromatic heterocycles. The number of fused-ring (bicyclic) bond motifs is 1. The molecule has 4 nitrogen and oxygen atoms in total. The van der Waals surface area contributed by atoms with Gasteiger partial charge in [0.1, 0.15) is 19.0 Å². The standard InChI is InChI=1S/C10H12FNO3/c11-8-6-10-9(13-3-4-14-10)5-7(8)1-2-15-12/h5-6H,1-4,12H2. The number of hydrogen-bond donors (Lipinski definition) is 1. The van der Waals surface area contributed by atoms with E-state index in [1.807, 2.05) is 0 Å². The van der Waals surface area contributed by atoms with Gasteiger partial charge in [-0.3, -0.25) is 0 Å². The quantitative estimate of drug-likeness (QED) is 0.762. The van der Waals surface area contributed by atoms with Gasteiger partial charge in [-0.1, -0.05) is 0 Å². The molecule has 0 atom stereocenters. The van der Waals surface area contributed by atoms with Crippen LogP contribution in [0.15, 0.2) is 12.1 Å². The number of benzene rings is 1. The van der Waals surface area contributed by atoms with Crippen molar-refractivity contribution in [2.24, 2.45) is 5.90 Å². The van der Waals surface area contributed by atoms with Crippen LogP contribution < -0.4 is 15.4 Å². The molecule has 15 heavy (non-hydrogen) atoms. The second-order valence-electron chi connectivity index (χ2n) is 3.21. The summed E-state index contributed by atoms with van der Waals surface area (Å²) in [5.41, 5.74) is 0.518. The molecular formula is C10H12FNO3. The molecule has 0 saturated heterocycles. The van der Waals surface area contributed by atoms with Gasteiger partial charge in [0.2, 0.25) is 0 Å². The monoisotopic (exact) mass is 213 g/mol. The molecule has 1 aliphatic rings. The van der Waals surface area contributed by atoms with Crippen LogP contribution in [0.5, 0.6) is 11.5 Å². The van der Waals surface area contributed by atoms with Crippen molar-refractivity contribution < 1.29 is 18.7 Å². The van der Waals surface area contributed by atoms with E-state index in [1.165, 1.54) is 6.07 Å². The highest BCUT2D eigenvalue weighted by molar-refractivity contribution is 5.44. The summed E-state index contributed by atoms with van der Waals surface area (Å²) in [6.45, 7) is 1.22. The molecule has 2 N–H and O–H groups in total. The third-order valence-electron chi connectivity index (χ3n) is 2.20. The Hall–Kier alpha value is -1.33. The molecule has 0 fully saturated rings. The maximum Gasteiger partial charge on any atom is 0.164 e. The van der Waals surface area contributed by atoms with Gasteiger partial charge < -0.3 is 14.3 Å². The van der Waals surface area contributed by atoms with Crippen LogP contribution in [0.2, 0.25) is 0 Å². The van der Waals surface area contributed by atoms with Gasteiger partial charge in [-0.2, -0.15) is 0 Å². The Morgan fingerprint density at radius 1 is 1.27 bits per heavy atom. The van der Waals surface area contributed by atoms with Crippen LogP contribution in [-0.2, 0) is 11.3 Å². The normalized spacial score (nSPS) is 14.0. The molecule has 1 aromatic carbocycles. The van der Waals surface area contributed by atoms with Crippen molar-refractivity contribution in [2.75, 3.05) is 19.8 Å². The van der Waals surface area contributed by atoms with Crippen LogP contribution in [-0.4, -0.2) is 19.8 Å². The molecule has 0 spiro atoms. The van der Waals surface area contributed by atoms with Gasteiger partial charge in [-0.25, -0.2) is 10.3 Å². The molecule has 0 amide bonds. The highest BCUT2D eigenvalue weighted by atomic mass is 19.1. The maximum atomic E-state index is 13.5. The van der Waals surface area contributed by atoms with E-state index in [9.17, 15) is 4.39 Å². The fraction of sp³-hybridized carbons (Fsp3) is 0.400. The predicted molar refractivity (Wildman–Crippen MR) is 51.2 cm³/mol. The lowest BCUT2D eigenvalue weighted by molar-refractivity contribution is 0.140. The average Bonchev–Trinajstić information content (AvgIpc) is 2.26. The number of rotatable bonds is 3. The minimum absolute atomic E-state index is 0.274. The summed E-state index contributed by atoms with van der Waals surface area (Å²) in [6.07, 6.45) is 0.416. The fourth-order valence-electron chi connectivity index (χ4n) is 1.47. The molecule has 82 valence electrons. The summed E-state index contributed by atoms with van der Waals surface area (Å²) in [5, 5.41) is 0. The van der Waals surface area contributed by atoms with Gasteiger partial charge in [0, 0.05) is 12.5 Å². The Kier molecular flexibility index (Phi) is 3.03. The molecule has 1 aromatic rings. The zero-order valence-corrected chi connectivity index (χ0v) is 8.16. The molecule has 0 aliphatic carbocycles. The summed E-state index contributed by atoms with van der Waals surface area (Å²) in [4.78, 5) is 4.41. The Bertz CT molecular complexity index is 357. The van der Waals surface area contributed by atoms with E-state index in [0.29, 0.717) is 36.7 Å². The zero-order chi connectivity index (χ0) is 10.7. The van der Waals surface area contributed by atoms with Crippen molar-refractivity contribution in [3.63, 3.8) is 0 Å². The first kappa shape index (κ1) is 10.2. The Labute approximate surface area is 86.7 Å². The molecule has 5 heteroatoms. The predicted octanol–water partition coefficient (Wildman–Crippen LogP) is 1.03. The lowest BCUT2D eigenvalue weighted by atomic mass is 10.1. The summed E-state index contributed by atoms with van der Waals surface area (Å²) in [7, 11) is 0. The van der Waals surface area contributed by atoms with E-state index in [-0.39, 0.29) is 12.4 Å². The lowest BCUT2D eigenvalue weighted by Crippen LogP contribution is -2.16. The zero-order valence-electron chi connectivity index (χ0n) is 8.16. The van der Waals surface area contributed by atoms with Gasteiger partial charge in [0.05, 0.1) is 6.61 Å². The Balaban J connectivity index is 2.24. The van der Waals surface area contributed by atoms with E-state index in [0.717, 1.165) is 0 Å². The van der Waals surface area contributed by atoms with Crippen molar-refractivity contribution in [2.45, 2.75) is 6.42 Å². The minimum atomic E-state index is -0.323. The van der Waals surface area contributed by atoms with E-state index >= 15 is 0 Å². The first-order chi connectivity index (χ1) is 7.31. The number of ether oxygens (including phenoxy) is 2. The van der Waals surface area contributed by atoms with Crippen LogP contribution in [0.3, 0.4) is 0 Å². The van der Waals surface area contributed by atoms with Crippen molar-refractivity contribution >= 4 is 0 Å². The number of nitrogens with two attached hydrogens (primary N) is 1. The molecular weight excluding hydrogens is 201 g/mol.